The van der Waals surface area contributed by atoms with E-state index in [0.29, 0.717) is 11.7 Å². The van der Waals surface area contributed by atoms with Crippen molar-refractivity contribution < 1.29 is 5.11 Å². The molecule has 0 aliphatic carbocycles. The van der Waals surface area contributed by atoms with Crippen LogP contribution in [-0.4, -0.2) is 21.2 Å². The first-order valence-corrected chi connectivity index (χ1v) is 9.19. The predicted molar refractivity (Wildman–Crippen MR) is 100 cm³/mol. The summed E-state index contributed by atoms with van der Waals surface area (Å²) < 4.78 is 2.01. The zero-order valence-corrected chi connectivity index (χ0v) is 14.5. The van der Waals surface area contributed by atoms with Crippen LogP contribution in [0.4, 0.5) is 11.4 Å². The molecule has 2 aromatic carbocycles. The normalized spacial score (nSPS) is 15.2. The molecule has 0 saturated carbocycles. The van der Waals surface area contributed by atoms with Gasteiger partial charge in [0.05, 0.1) is 17.2 Å². The molecule has 1 aromatic heterocycles. The second-order valence-electron chi connectivity index (χ2n) is 6.24. The largest absolute Gasteiger partial charge is 0.493 e. The third-order valence-corrected chi connectivity index (χ3v) is 5.71. The minimum absolute atomic E-state index is 0.221. The van der Waals surface area contributed by atoms with Crippen molar-refractivity contribution in [2.45, 2.75) is 19.9 Å². The predicted octanol–water partition coefficient (Wildman–Crippen LogP) is 5.67. The van der Waals surface area contributed by atoms with Gasteiger partial charge in [-0.1, -0.05) is 29.8 Å². The van der Waals surface area contributed by atoms with Crippen LogP contribution >= 0.6 is 11.8 Å². The molecule has 4 rings (SSSR count). The van der Waals surface area contributed by atoms with E-state index in [1.165, 1.54) is 0 Å². The molecule has 5 heteroatoms. The number of rotatable bonds is 3. The number of aromatic nitrogens is 1. The summed E-state index contributed by atoms with van der Waals surface area (Å²) in [5.74, 6) is 2.28. The van der Waals surface area contributed by atoms with Crippen molar-refractivity contribution in [1.82, 2.24) is 4.57 Å². The van der Waals surface area contributed by atoms with E-state index in [2.05, 4.69) is 35.4 Å². The molecule has 2 heterocycles. The Morgan fingerprint density at radius 2 is 1.88 bits per heavy atom. The van der Waals surface area contributed by atoms with Gasteiger partial charge in [-0.25, -0.2) is 0 Å². The molecular formula is C19H19N3OS. The fourth-order valence-electron chi connectivity index (χ4n) is 3.02. The van der Waals surface area contributed by atoms with Crippen LogP contribution in [0.2, 0.25) is 0 Å². The van der Waals surface area contributed by atoms with Crippen molar-refractivity contribution in [2.75, 3.05) is 11.5 Å². The number of thioether (sulfide) groups is 1. The van der Waals surface area contributed by atoms with E-state index in [-0.39, 0.29) is 5.88 Å². The maximum absolute atomic E-state index is 10.8. The molecule has 0 unspecified atom stereocenters. The lowest BCUT2D eigenvalue weighted by atomic mass is 10.1. The molecule has 3 aromatic rings. The van der Waals surface area contributed by atoms with Crippen LogP contribution in [0.15, 0.2) is 52.7 Å². The number of benzene rings is 2. The third kappa shape index (κ3) is 2.49. The lowest BCUT2D eigenvalue weighted by Gasteiger charge is -2.27. The molecule has 1 saturated heterocycles. The first-order chi connectivity index (χ1) is 11.6. The molecule has 0 atom stereocenters. The van der Waals surface area contributed by atoms with Crippen molar-refractivity contribution in [3.8, 4) is 5.88 Å². The molecule has 1 fully saturated rings. The minimum Gasteiger partial charge on any atom is -0.493 e. The standard InChI is InChI=1S/C19H19N3OS/c1-12-7-8-17-15(9-12)18(19(23)22(17)14-10-24-11-14)21-20-16-6-4-3-5-13(16)2/h3-9,14,23H,10-11H2,1-2H3. The first-order valence-electron chi connectivity index (χ1n) is 8.04. The van der Waals surface area contributed by atoms with Crippen LogP contribution in [0.25, 0.3) is 10.9 Å². The highest BCUT2D eigenvalue weighted by molar-refractivity contribution is 8.00. The average molecular weight is 337 g/mol. The Labute approximate surface area is 145 Å². The third-order valence-electron chi connectivity index (χ3n) is 4.47. The SMILES string of the molecule is Cc1ccc2c(c1)c(N=Nc1ccccc1C)c(O)n2C1CSC1. The summed E-state index contributed by atoms with van der Waals surface area (Å²) >= 11 is 1.90. The van der Waals surface area contributed by atoms with Gasteiger partial charge in [0.15, 0.2) is 5.69 Å². The van der Waals surface area contributed by atoms with E-state index < -0.39 is 0 Å². The second-order valence-corrected chi connectivity index (χ2v) is 7.32. The summed E-state index contributed by atoms with van der Waals surface area (Å²) in [6, 6.07) is 14.4. The van der Waals surface area contributed by atoms with E-state index >= 15 is 0 Å². The molecule has 122 valence electrons. The van der Waals surface area contributed by atoms with Crippen molar-refractivity contribution in [2.24, 2.45) is 10.2 Å². The van der Waals surface area contributed by atoms with Gasteiger partial charge >= 0.3 is 0 Å². The average Bonchev–Trinajstić information content (AvgIpc) is 2.77. The van der Waals surface area contributed by atoms with Crippen LogP contribution in [-0.2, 0) is 0 Å². The van der Waals surface area contributed by atoms with Crippen LogP contribution in [0.3, 0.4) is 0 Å². The van der Waals surface area contributed by atoms with Gasteiger partial charge in [0.2, 0.25) is 5.88 Å². The fraction of sp³-hybridized carbons (Fsp3) is 0.263. The Kier molecular flexibility index (Phi) is 3.81. The maximum atomic E-state index is 10.8. The quantitative estimate of drug-likeness (QED) is 0.626. The number of fused-ring (bicyclic) bond motifs is 1. The Morgan fingerprint density at radius 1 is 1.08 bits per heavy atom. The van der Waals surface area contributed by atoms with E-state index in [1.54, 1.807) is 0 Å². The molecule has 0 amide bonds. The number of hydrogen-bond acceptors (Lipinski definition) is 4. The van der Waals surface area contributed by atoms with Crippen molar-refractivity contribution >= 4 is 34.0 Å². The number of azo groups is 1. The first kappa shape index (κ1) is 15.3. The highest BCUT2D eigenvalue weighted by Crippen LogP contribution is 2.45. The highest BCUT2D eigenvalue weighted by Gasteiger charge is 2.27. The van der Waals surface area contributed by atoms with Crippen LogP contribution in [0.5, 0.6) is 5.88 Å². The van der Waals surface area contributed by atoms with Crippen LogP contribution in [0, 0.1) is 13.8 Å². The van der Waals surface area contributed by atoms with Gasteiger partial charge in [0, 0.05) is 16.9 Å². The summed E-state index contributed by atoms with van der Waals surface area (Å²) in [4.78, 5) is 0. The maximum Gasteiger partial charge on any atom is 0.221 e. The highest BCUT2D eigenvalue weighted by atomic mass is 32.2. The molecule has 0 spiro atoms. The Hall–Kier alpha value is -2.27. The second kappa shape index (κ2) is 5.98. The van der Waals surface area contributed by atoms with Gasteiger partial charge in [-0.15, -0.1) is 5.11 Å². The number of hydrogen-bond donors (Lipinski definition) is 1. The van der Waals surface area contributed by atoms with E-state index in [4.69, 9.17) is 0 Å². The van der Waals surface area contributed by atoms with Gasteiger partial charge in [0.1, 0.15) is 0 Å². The van der Waals surface area contributed by atoms with Gasteiger partial charge in [-0.05, 0) is 37.6 Å². The molecule has 1 aliphatic rings. The molecule has 0 radical (unpaired) electrons. The van der Waals surface area contributed by atoms with Gasteiger partial charge in [-0.2, -0.15) is 16.9 Å². The molecule has 24 heavy (non-hydrogen) atoms. The number of nitrogens with zero attached hydrogens (tertiary/aromatic N) is 3. The van der Waals surface area contributed by atoms with Gasteiger partial charge in [-0.3, -0.25) is 0 Å². The van der Waals surface area contributed by atoms with E-state index in [1.807, 2.05) is 47.5 Å². The van der Waals surface area contributed by atoms with E-state index in [9.17, 15) is 5.11 Å². The summed E-state index contributed by atoms with van der Waals surface area (Å²) in [7, 11) is 0. The smallest absolute Gasteiger partial charge is 0.221 e. The molecular weight excluding hydrogens is 318 g/mol. The Balaban J connectivity index is 1.86. The lowest BCUT2D eigenvalue weighted by molar-refractivity contribution is 0.406. The van der Waals surface area contributed by atoms with Crippen molar-refractivity contribution in [1.29, 1.82) is 0 Å². The van der Waals surface area contributed by atoms with Gasteiger partial charge < -0.3 is 9.67 Å². The summed E-state index contributed by atoms with van der Waals surface area (Å²) in [5.41, 5.74) is 4.63. The summed E-state index contributed by atoms with van der Waals surface area (Å²) in [6.45, 7) is 4.06. The molecule has 1 aliphatic heterocycles. The molecule has 1 N–H and O–H groups in total. The Bertz CT molecular complexity index is 941. The lowest BCUT2D eigenvalue weighted by Crippen LogP contribution is -2.22. The zero-order chi connectivity index (χ0) is 16.7. The van der Waals surface area contributed by atoms with E-state index in [0.717, 1.165) is 39.2 Å². The van der Waals surface area contributed by atoms with Crippen LogP contribution < -0.4 is 0 Å². The molecule has 0 bridgehead atoms. The number of aromatic hydroxyl groups is 1. The topological polar surface area (TPSA) is 49.9 Å². The Morgan fingerprint density at radius 3 is 2.58 bits per heavy atom. The monoisotopic (exact) mass is 337 g/mol. The number of aryl methyl sites for hydroxylation is 2. The minimum atomic E-state index is 0.221. The van der Waals surface area contributed by atoms with Crippen molar-refractivity contribution in [3.05, 3.63) is 53.6 Å². The van der Waals surface area contributed by atoms with Crippen molar-refractivity contribution in [3.63, 3.8) is 0 Å². The summed E-state index contributed by atoms with van der Waals surface area (Å²) in [6.07, 6.45) is 0. The molecule has 4 nitrogen and oxygen atoms in total. The van der Waals surface area contributed by atoms with Gasteiger partial charge in [0.25, 0.3) is 0 Å². The summed E-state index contributed by atoms with van der Waals surface area (Å²) in [5, 5.41) is 20.5. The zero-order valence-electron chi connectivity index (χ0n) is 13.7. The fourth-order valence-corrected chi connectivity index (χ4v) is 3.76. The van der Waals surface area contributed by atoms with Crippen LogP contribution in [0.1, 0.15) is 17.2 Å².